The molecule has 0 aliphatic heterocycles. The minimum Gasteiger partial charge on any atom is -0.457 e. The van der Waals surface area contributed by atoms with Crippen LogP contribution in [0.3, 0.4) is 0 Å². The second-order valence-corrected chi connectivity index (χ2v) is 5.46. The molecule has 0 heterocycles. The molecule has 0 spiro atoms. The predicted octanol–water partition coefficient (Wildman–Crippen LogP) is 5.63. The highest BCUT2D eigenvalue weighted by molar-refractivity contribution is 5.34. The highest BCUT2D eigenvalue weighted by Gasteiger charge is 2.02. The first-order valence-electron chi connectivity index (χ1n) is 7.57. The highest BCUT2D eigenvalue weighted by Crippen LogP contribution is 2.23. The molecule has 2 rings (SSSR count). The summed E-state index contributed by atoms with van der Waals surface area (Å²) in [5.41, 5.74) is 2.72. The fraction of sp³-hybridized carbons (Fsp3) is 0.368. The maximum atomic E-state index is 5.86. The molecule has 1 unspecified atom stereocenters. The third kappa shape index (κ3) is 4.12. The minimum absolute atomic E-state index is 0.739. The lowest BCUT2D eigenvalue weighted by Crippen LogP contribution is -1.97. The Labute approximate surface area is 122 Å². The Morgan fingerprint density at radius 1 is 0.800 bits per heavy atom. The first-order valence-corrected chi connectivity index (χ1v) is 7.57. The summed E-state index contributed by atoms with van der Waals surface area (Å²) in [6, 6.07) is 16.8. The van der Waals surface area contributed by atoms with Gasteiger partial charge in [0.1, 0.15) is 11.5 Å². The molecule has 1 atom stereocenters. The molecular weight excluding hydrogens is 244 g/mol. The Kier molecular flexibility index (Phi) is 5.23. The summed E-state index contributed by atoms with van der Waals surface area (Å²) in [5, 5.41) is 0. The van der Waals surface area contributed by atoms with Gasteiger partial charge in [-0.15, -0.1) is 0 Å². The van der Waals surface area contributed by atoms with E-state index in [1.807, 2.05) is 12.1 Å². The quantitative estimate of drug-likeness (QED) is 0.659. The molecule has 0 fully saturated rings. The van der Waals surface area contributed by atoms with Gasteiger partial charge in [0.2, 0.25) is 0 Å². The van der Waals surface area contributed by atoms with Crippen LogP contribution in [0.2, 0.25) is 0 Å². The van der Waals surface area contributed by atoms with E-state index in [-0.39, 0.29) is 0 Å². The average Bonchev–Trinajstić information content (AvgIpc) is 2.50. The second kappa shape index (κ2) is 7.14. The summed E-state index contributed by atoms with van der Waals surface area (Å²) < 4.78 is 5.86. The van der Waals surface area contributed by atoms with Crippen LogP contribution >= 0.6 is 0 Å². The summed E-state index contributed by atoms with van der Waals surface area (Å²) in [6.45, 7) is 6.69. The predicted molar refractivity (Wildman–Crippen MR) is 85.5 cm³/mol. The standard InChI is InChI=1S/C19H24O/c1-4-15(3)14-17-8-12-19(13-9-17)20-18-10-6-16(5-2)7-11-18/h6-13,15H,4-5,14H2,1-3H3. The van der Waals surface area contributed by atoms with E-state index in [0.717, 1.165) is 30.3 Å². The Balaban J connectivity index is 1.99. The molecule has 0 bridgehead atoms. The molecule has 1 heteroatoms. The minimum atomic E-state index is 0.739. The second-order valence-electron chi connectivity index (χ2n) is 5.46. The zero-order valence-corrected chi connectivity index (χ0v) is 12.7. The van der Waals surface area contributed by atoms with E-state index in [1.54, 1.807) is 0 Å². The van der Waals surface area contributed by atoms with Crippen LogP contribution in [0.25, 0.3) is 0 Å². The van der Waals surface area contributed by atoms with Gasteiger partial charge in [0.15, 0.2) is 0 Å². The average molecular weight is 268 g/mol. The van der Waals surface area contributed by atoms with Crippen LogP contribution in [0.5, 0.6) is 11.5 Å². The van der Waals surface area contributed by atoms with Crippen molar-refractivity contribution in [2.75, 3.05) is 0 Å². The summed E-state index contributed by atoms with van der Waals surface area (Å²) >= 11 is 0. The van der Waals surface area contributed by atoms with Crippen molar-refractivity contribution in [3.05, 3.63) is 59.7 Å². The van der Waals surface area contributed by atoms with Gasteiger partial charge >= 0.3 is 0 Å². The van der Waals surface area contributed by atoms with Gasteiger partial charge < -0.3 is 4.74 Å². The first kappa shape index (κ1) is 14.6. The fourth-order valence-corrected chi connectivity index (χ4v) is 2.17. The van der Waals surface area contributed by atoms with Crippen LogP contribution in [0.4, 0.5) is 0 Å². The Morgan fingerprint density at radius 2 is 1.30 bits per heavy atom. The molecule has 0 N–H and O–H groups in total. The van der Waals surface area contributed by atoms with Crippen molar-refractivity contribution in [3.8, 4) is 11.5 Å². The number of aryl methyl sites for hydroxylation is 1. The summed E-state index contributed by atoms with van der Waals surface area (Å²) in [5.74, 6) is 2.54. The zero-order chi connectivity index (χ0) is 14.4. The van der Waals surface area contributed by atoms with E-state index in [2.05, 4.69) is 57.2 Å². The van der Waals surface area contributed by atoms with Crippen LogP contribution in [-0.4, -0.2) is 0 Å². The molecule has 0 amide bonds. The van der Waals surface area contributed by atoms with Gasteiger partial charge in [-0.3, -0.25) is 0 Å². The van der Waals surface area contributed by atoms with Gasteiger partial charge in [-0.05, 0) is 54.2 Å². The third-order valence-electron chi connectivity index (χ3n) is 3.77. The lowest BCUT2D eigenvalue weighted by molar-refractivity contribution is 0.481. The van der Waals surface area contributed by atoms with Gasteiger partial charge in [0, 0.05) is 0 Å². The van der Waals surface area contributed by atoms with Crippen LogP contribution in [0.15, 0.2) is 48.5 Å². The molecule has 0 aliphatic rings. The van der Waals surface area contributed by atoms with Gasteiger partial charge in [-0.25, -0.2) is 0 Å². The molecule has 106 valence electrons. The summed E-state index contributed by atoms with van der Waals surface area (Å²) in [7, 11) is 0. The number of ether oxygens (including phenoxy) is 1. The van der Waals surface area contributed by atoms with E-state index in [9.17, 15) is 0 Å². The first-order chi connectivity index (χ1) is 9.71. The summed E-state index contributed by atoms with van der Waals surface area (Å²) in [6.07, 6.45) is 3.43. The molecule has 1 nitrogen and oxygen atoms in total. The SMILES string of the molecule is CCc1ccc(Oc2ccc(CC(C)CC)cc2)cc1. The molecule has 0 radical (unpaired) electrons. The Bertz CT molecular complexity index is 510. The van der Waals surface area contributed by atoms with Gasteiger partial charge in [0.05, 0.1) is 0 Å². The van der Waals surface area contributed by atoms with Gasteiger partial charge in [-0.2, -0.15) is 0 Å². The lowest BCUT2D eigenvalue weighted by Gasteiger charge is -2.10. The molecular formula is C19H24O. The molecule has 0 aliphatic carbocycles. The van der Waals surface area contributed by atoms with Crippen molar-refractivity contribution in [3.63, 3.8) is 0 Å². The molecule has 2 aromatic rings. The normalized spacial score (nSPS) is 12.2. The van der Waals surface area contributed by atoms with Crippen LogP contribution < -0.4 is 4.74 Å². The topological polar surface area (TPSA) is 9.23 Å². The van der Waals surface area contributed by atoms with E-state index in [1.165, 1.54) is 17.5 Å². The van der Waals surface area contributed by atoms with E-state index in [0.29, 0.717) is 0 Å². The number of hydrogen-bond donors (Lipinski definition) is 0. The van der Waals surface area contributed by atoms with Crippen molar-refractivity contribution >= 4 is 0 Å². The third-order valence-corrected chi connectivity index (χ3v) is 3.77. The largest absolute Gasteiger partial charge is 0.457 e. The zero-order valence-electron chi connectivity index (χ0n) is 12.7. The molecule has 0 aromatic heterocycles. The fourth-order valence-electron chi connectivity index (χ4n) is 2.17. The van der Waals surface area contributed by atoms with E-state index < -0.39 is 0 Å². The smallest absolute Gasteiger partial charge is 0.127 e. The Morgan fingerprint density at radius 3 is 1.75 bits per heavy atom. The van der Waals surface area contributed by atoms with Crippen molar-refractivity contribution < 1.29 is 4.74 Å². The molecule has 20 heavy (non-hydrogen) atoms. The van der Waals surface area contributed by atoms with E-state index >= 15 is 0 Å². The van der Waals surface area contributed by atoms with Crippen molar-refractivity contribution in [2.45, 2.75) is 40.0 Å². The van der Waals surface area contributed by atoms with Crippen molar-refractivity contribution in [2.24, 2.45) is 5.92 Å². The van der Waals surface area contributed by atoms with Crippen LogP contribution in [0.1, 0.15) is 38.3 Å². The summed E-state index contributed by atoms with van der Waals surface area (Å²) in [4.78, 5) is 0. The number of benzene rings is 2. The lowest BCUT2D eigenvalue weighted by atomic mass is 9.99. The maximum Gasteiger partial charge on any atom is 0.127 e. The van der Waals surface area contributed by atoms with Gasteiger partial charge in [0.25, 0.3) is 0 Å². The van der Waals surface area contributed by atoms with Crippen LogP contribution in [0, 0.1) is 5.92 Å². The molecule has 0 saturated carbocycles. The van der Waals surface area contributed by atoms with Gasteiger partial charge in [-0.1, -0.05) is 51.5 Å². The molecule has 2 aromatic carbocycles. The van der Waals surface area contributed by atoms with E-state index in [4.69, 9.17) is 4.74 Å². The monoisotopic (exact) mass is 268 g/mol. The van der Waals surface area contributed by atoms with Crippen LogP contribution in [-0.2, 0) is 12.8 Å². The van der Waals surface area contributed by atoms with Crippen molar-refractivity contribution in [1.82, 2.24) is 0 Å². The maximum absolute atomic E-state index is 5.86. The van der Waals surface area contributed by atoms with Crippen molar-refractivity contribution in [1.29, 1.82) is 0 Å². The number of rotatable bonds is 6. The molecule has 0 saturated heterocycles. The number of hydrogen-bond acceptors (Lipinski definition) is 1. The highest BCUT2D eigenvalue weighted by atomic mass is 16.5. The Hall–Kier alpha value is -1.76.